The minimum atomic E-state index is -0.154. The minimum absolute atomic E-state index is 0.0246. The maximum absolute atomic E-state index is 10.9. The summed E-state index contributed by atoms with van der Waals surface area (Å²) in [6.07, 6.45) is 0.358. The lowest BCUT2D eigenvalue weighted by Crippen LogP contribution is -2.31. The molecule has 0 radical (unpaired) electrons. The van der Waals surface area contributed by atoms with E-state index in [0.717, 1.165) is 0 Å². The van der Waals surface area contributed by atoms with Gasteiger partial charge in [0.2, 0.25) is 0 Å². The molecule has 0 aromatic rings. The van der Waals surface area contributed by atoms with E-state index >= 15 is 0 Å². The predicted octanol–water partition coefficient (Wildman–Crippen LogP) is 1.14. The number of alkyl halides is 1. The van der Waals surface area contributed by atoms with E-state index in [1.165, 1.54) is 0 Å². The third-order valence-electron chi connectivity index (χ3n) is 1.55. The number of rotatable bonds is 0. The van der Waals surface area contributed by atoms with Crippen LogP contribution in [0.15, 0.2) is 0 Å². The molecule has 4 heteroatoms. The highest BCUT2D eigenvalue weighted by Crippen LogP contribution is 2.13. The first-order chi connectivity index (χ1) is 5.20. The zero-order chi connectivity index (χ0) is 8.27. The highest BCUT2D eigenvalue weighted by atomic mass is 127. The quantitative estimate of drug-likeness (QED) is 0.376. The maximum atomic E-state index is 10.9. The fourth-order valence-electron chi connectivity index (χ4n) is 0.827. The van der Waals surface area contributed by atoms with Crippen LogP contribution in [0, 0.1) is 0 Å². The number of hydrogen-bond donors (Lipinski definition) is 0. The van der Waals surface area contributed by atoms with Gasteiger partial charge in [-0.3, -0.25) is 4.79 Å². The Kier molecular flexibility index (Phi) is 3.58. The molecule has 2 atom stereocenters. The molecule has 1 rings (SSSR count). The topological polar surface area (TPSA) is 35.5 Å². The summed E-state index contributed by atoms with van der Waals surface area (Å²) in [5.41, 5.74) is 0. The van der Waals surface area contributed by atoms with Crippen LogP contribution in [0.5, 0.6) is 0 Å². The molecular weight excluding hydrogens is 259 g/mol. The van der Waals surface area contributed by atoms with Gasteiger partial charge in [-0.2, -0.15) is 0 Å². The number of cyclic esters (lactones) is 1. The first-order valence-corrected chi connectivity index (χ1v) is 4.86. The molecule has 1 aliphatic heterocycles. The highest BCUT2D eigenvalue weighted by molar-refractivity contribution is 14.1. The lowest BCUT2D eigenvalue weighted by molar-refractivity contribution is -0.151. The Morgan fingerprint density at radius 3 is 3.09 bits per heavy atom. The number of ether oxygens (including phenoxy) is 2. The Balaban J connectivity index is 2.44. The summed E-state index contributed by atoms with van der Waals surface area (Å²) >= 11 is 2.23. The Bertz CT molecular complexity index is 149. The smallest absolute Gasteiger partial charge is 0.308 e. The molecule has 0 aromatic carbocycles. The minimum Gasteiger partial charge on any atom is -0.461 e. The zero-order valence-corrected chi connectivity index (χ0v) is 8.54. The van der Waals surface area contributed by atoms with Crippen LogP contribution in [0.4, 0.5) is 0 Å². The summed E-state index contributed by atoms with van der Waals surface area (Å²) in [6.45, 7) is 3.06. The van der Waals surface area contributed by atoms with Gasteiger partial charge in [0.25, 0.3) is 0 Å². The number of esters is 1. The molecule has 1 saturated heterocycles. The van der Waals surface area contributed by atoms with Crippen LogP contribution in [0.25, 0.3) is 0 Å². The molecule has 0 bridgehead atoms. The van der Waals surface area contributed by atoms with Gasteiger partial charge in [0, 0.05) is 0 Å². The summed E-state index contributed by atoms with van der Waals surface area (Å²) < 4.78 is 10.6. The highest BCUT2D eigenvalue weighted by Gasteiger charge is 2.20. The van der Waals surface area contributed by atoms with Crippen LogP contribution >= 0.6 is 22.6 Å². The van der Waals surface area contributed by atoms with Gasteiger partial charge in [-0.25, -0.2) is 0 Å². The molecule has 11 heavy (non-hydrogen) atoms. The SMILES string of the molecule is C[C@@H]1OC(=O)CCOC[C@@H]1I. The van der Waals surface area contributed by atoms with Gasteiger partial charge in [0.05, 0.1) is 23.6 Å². The average Bonchev–Trinajstić information content (AvgIpc) is 1.95. The van der Waals surface area contributed by atoms with Gasteiger partial charge in [-0.05, 0) is 6.92 Å². The largest absolute Gasteiger partial charge is 0.461 e. The fourth-order valence-corrected chi connectivity index (χ4v) is 1.23. The van der Waals surface area contributed by atoms with Crippen molar-refractivity contribution in [2.45, 2.75) is 23.4 Å². The third-order valence-corrected chi connectivity index (χ3v) is 2.93. The van der Waals surface area contributed by atoms with Crippen LogP contribution in [0.1, 0.15) is 13.3 Å². The Morgan fingerprint density at radius 1 is 1.64 bits per heavy atom. The first-order valence-electron chi connectivity index (χ1n) is 3.61. The van der Waals surface area contributed by atoms with Crippen molar-refractivity contribution in [2.24, 2.45) is 0 Å². The summed E-state index contributed by atoms with van der Waals surface area (Å²) in [7, 11) is 0. The molecule has 0 unspecified atom stereocenters. The molecule has 0 saturated carbocycles. The Labute approximate surface area is 79.6 Å². The zero-order valence-electron chi connectivity index (χ0n) is 6.38. The molecule has 0 aromatic heterocycles. The summed E-state index contributed by atoms with van der Waals surface area (Å²) in [6, 6.07) is 0. The van der Waals surface area contributed by atoms with Crippen molar-refractivity contribution in [3.63, 3.8) is 0 Å². The van der Waals surface area contributed by atoms with E-state index in [1.54, 1.807) is 0 Å². The normalized spacial score (nSPS) is 33.8. The maximum Gasteiger partial charge on any atom is 0.308 e. The number of carbonyl (C=O) groups excluding carboxylic acids is 1. The number of carbonyl (C=O) groups is 1. The van der Waals surface area contributed by atoms with Crippen molar-refractivity contribution in [3.8, 4) is 0 Å². The monoisotopic (exact) mass is 270 g/mol. The van der Waals surface area contributed by atoms with Crippen LogP contribution < -0.4 is 0 Å². The van der Waals surface area contributed by atoms with Gasteiger partial charge < -0.3 is 9.47 Å². The van der Waals surface area contributed by atoms with Gasteiger partial charge in [-0.1, -0.05) is 22.6 Å². The Morgan fingerprint density at radius 2 is 2.36 bits per heavy atom. The van der Waals surface area contributed by atoms with Gasteiger partial charge in [0.15, 0.2) is 0 Å². The molecule has 0 aliphatic carbocycles. The van der Waals surface area contributed by atoms with Crippen molar-refractivity contribution in [1.29, 1.82) is 0 Å². The van der Waals surface area contributed by atoms with E-state index in [4.69, 9.17) is 9.47 Å². The second-order valence-electron chi connectivity index (χ2n) is 2.54. The second-order valence-corrected chi connectivity index (χ2v) is 4.14. The third kappa shape index (κ3) is 2.94. The molecule has 0 N–H and O–H groups in total. The van der Waals surface area contributed by atoms with Crippen molar-refractivity contribution in [1.82, 2.24) is 0 Å². The van der Waals surface area contributed by atoms with E-state index in [0.29, 0.717) is 19.6 Å². The van der Waals surface area contributed by atoms with Crippen molar-refractivity contribution in [2.75, 3.05) is 13.2 Å². The molecule has 1 fully saturated rings. The standard InChI is InChI=1S/C7H11IO3/c1-5-6(8)4-10-3-2-7(9)11-5/h5-6H,2-4H2,1H3/t5-,6-/m0/s1. The molecule has 0 spiro atoms. The fraction of sp³-hybridized carbons (Fsp3) is 0.857. The molecular formula is C7H11IO3. The molecule has 0 amide bonds. The van der Waals surface area contributed by atoms with Gasteiger partial charge >= 0.3 is 5.97 Å². The summed E-state index contributed by atoms with van der Waals surface area (Å²) in [5.74, 6) is -0.154. The van der Waals surface area contributed by atoms with Crippen molar-refractivity contribution in [3.05, 3.63) is 0 Å². The Hall–Kier alpha value is 0.160. The lowest BCUT2D eigenvalue weighted by atomic mass is 10.3. The van der Waals surface area contributed by atoms with E-state index < -0.39 is 0 Å². The van der Waals surface area contributed by atoms with Gasteiger partial charge in [0.1, 0.15) is 6.10 Å². The van der Waals surface area contributed by atoms with Gasteiger partial charge in [-0.15, -0.1) is 0 Å². The van der Waals surface area contributed by atoms with E-state index in [2.05, 4.69) is 22.6 Å². The summed E-state index contributed by atoms with van der Waals surface area (Å²) in [5, 5.41) is 0. The molecule has 3 nitrogen and oxygen atoms in total. The van der Waals surface area contributed by atoms with Crippen LogP contribution in [0.2, 0.25) is 0 Å². The van der Waals surface area contributed by atoms with Crippen LogP contribution in [-0.4, -0.2) is 29.2 Å². The van der Waals surface area contributed by atoms with Crippen molar-refractivity contribution >= 4 is 28.6 Å². The molecule has 1 aliphatic rings. The molecule has 64 valence electrons. The average molecular weight is 270 g/mol. The van der Waals surface area contributed by atoms with Crippen LogP contribution in [-0.2, 0) is 14.3 Å². The van der Waals surface area contributed by atoms with Crippen LogP contribution in [0.3, 0.4) is 0 Å². The second kappa shape index (κ2) is 4.25. The predicted molar refractivity (Wildman–Crippen MR) is 48.8 cm³/mol. The van der Waals surface area contributed by atoms with Crippen molar-refractivity contribution < 1.29 is 14.3 Å². The number of halogens is 1. The van der Waals surface area contributed by atoms with E-state index in [-0.39, 0.29) is 16.0 Å². The lowest BCUT2D eigenvalue weighted by Gasteiger charge is -2.21. The van der Waals surface area contributed by atoms with E-state index in [9.17, 15) is 4.79 Å². The number of hydrogen-bond acceptors (Lipinski definition) is 3. The summed E-state index contributed by atoms with van der Waals surface area (Å²) in [4.78, 5) is 10.9. The van der Waals surface area contributed by atoms with E-state index in [1.807, 2.05) is 6.92 Å². The molecule has 1 heterocycles. The first kappa shape index (κ1) is 9.25.